The van der Waals surface area contributed by atoms with Crippen LogP contribution in [0.3, 0.4) is 0 Å². The zero-order chi connectivity index (χ0) is 21.6. The topological polar surface area (TPSA) is 50.8 Å². The molecule has 1 amide bonds. The summed E-state index contributed by atoms with van der Waals surface area (Å²) in [6.45, 7) is 7.61. The van der Waals surface area contributed by atoms with Crippen LogP contribution in [0, 0.1) is 11.3 Å². The predicted molar refractivity (Wildman–Crippen MR) is 121 cm³/mol. The Morgan fingerprint density at radius 2 is 1.77 bits per heavy atom. The van der Waals surface area contributed by atoms with Crippen molar-refractivity contribution in [2.45, 2.75) is 45.3 Å². The third-order valence-corrected chi connectivity index (χ3v) is 7.42. The molecule has 2 bridgehead atoms. The molecule has 3 heterocycles. The van der Waals surface area contributed by atoms with Crippen LogP contribution in [-0.4, -0.2) is 43.8 Å². The van der Waals surface area contributed by atoms with E-state index in [9.17, 15) is 4.79 Å². The number of hydrogen-bond acceptors (Lipinski definition) is 4. The van der Waals surface area contributed by atoms with Crippen molar-refractivity contribution in [3.63, 3.8) is 0 Å². The van der Waals surface area contributed by atoms with Gasteiger partial charge in [-0.25, -0.2) is 4.79 Å². The summed E-state index contributed by atoms with van der Waals surface area (Å²) >= 11 is 0. The van der Waals surface area contributed by atoms with Crippen LogP contribution in [0.1, 0.15) is 43.9 Å². The molecule has 2 aromatic rings. The number of fused-ring (bicyclic) bond motifs is 4. The molecule has 0 saturated carbocycles. The van der Waals surface area contributed by atoms with Gasteiger partial charge >= 0.3 is 6.09 Å². The summed E-state index contributed by atoms with van der Waals surface area (Å²) in [5.74, 6) is 1.38. The Kier molecular flexibility index (Phi) is 5.17. The number of rotatable bonds is 4. The van der Waals surface area contributed by atoms with Gasteiger partial charge in [-0.1, -0.05) is 44.2 Å². The lowest BCUT2D eigenvalue weighted by molar-refractivity contribution is -0.0348. The Hall–Kier alpha value is -2.53. The van der Waals surface area contributed by atoms with E-state index in [1.165, 1.54) is 22.3 Å². The van der Waals surface area contributed by atoms with Crippen LogP contribution in [0.5, 0.6) is 5.75 Å². The summed E-state index contributed by atoms with van der Waals surface area (Å²) in [5.41, 5.74) is 4.79. The molecule has 0 aromatic heterocycles. The van der Waals surface area contributed by atoms with Gasteiger partial charge in [0.15, 0.2) is 0 Å². The molecular formula is C26H32N2O3. The van der Waals surface area contributed by atoms with E-state index in [1.807, 2.05) is 12.1 Å². The van der Waals surface area contributed by atoms with E-state index in [4.69, 9.17) is 9.47 Å². The van der Waals surface area contributed by atoms with Gasteiger partial charge in [0, 0.05) is 6.54 Å². The van der Waals surface area contributed by atoms with E-state index < -0.39 is 0 Å². The van der Waals surface area contributed by atoms with Crippen LogP contribution in [0.2, 0.25) is 0 Å². The van der Waals surface area contributed by atoms with E-state index in [2.05, 4.69) is 54.4 Å². The molecule has 5 heteroatoms. The van der Waals surface area contributed by atoms with Gasteiger partial charge in [0.1, 0.15) is 11.9 Å². The van der Waals surface area contributed by atoms with Crippen LogP contribution >= 0.6 is 0 Å². The highest BCUT2D eigenvalue weighted by Crippen LogP contribution is 2.46. The molecule has 4 aliphatic rings. The van der Waals surface area contributed by atoms with E-state index in [-0.39, 0.29) is 23.7 Å². The van der Waals surface area contributed by atoms with Crippen molar-refractivity contribution in [1.29, 1.82) is 0 Å². The Morgan fingerprint density at radius 1 is 1.06 bits per heavy atom. The number of carbonyl (C=O) groups excluding carboxylic acids is 1. The number of hydrogen-bond donors (Lipinski definition) is 1. The molecule has 1 aliphatic carbocycles. The first-order valence-corrected chi connectivity index (χ1v) is 11.4. The third-order valence-electron chi connectivity index (χ3n) is 7.42. The first kappa shape index (κ1) is 20.4. The summed E-state index contributed by atoms with van der Waals surface area (Å²) in [4.78, 5) is 15.2. The van der Waals surface area contributed by atoms with E-state index in [0.29, 0.717) is 5.92 Å². The highest BCUT2D eigenvalue weighted by molar-refractivity contribution is 5.70. The van der Waals surface area contributed by atoms with E-state index >= 15 is 0 Å². The first-order valence-electron chi connectivity index (χ1n) is 11.4. The molecule has 31 heavy (non-hydrogen) atoms. The standard InChI is InChI=1S/C26H32N2O3/c1-26(2)15-20-14-19(17-4-7-21(30-3)8-5-17)6-9-22(20)24(26)27-25(29)31-23-16-28-12-10-18(23)11-13-28/h4-9,14,18,23-24H,10-13,15-16H2,1-3H3,(H,27,29)/t23-,24?/m0/s1. The third kappa shape index (κ3) is 3.91. The lowest BCUT2D eigenvalue weighted by Crippen LogP contribution is -2.53. The molecule has 3 fully saturated rings. The van der Waals surface area contributed by atoms with Crippen LogP contribution < -0.4 is 10.1 Å². The van der Waals surface area contributed by atoms with Crippen molar-refractivity contribution in [1.82, 2.24) is 10.2 Å². The highest BCUT2D eigenvalue weighted by atomic mass is 16.6. The zero-order valence-electron chi connectivity index (χ0n) is 18.7. The van der Waals surface area contributed by atoms with Crippen LogP contribution in [-0.2, 0) is 11.2 Å². The minimum Gasteiger partial charge on any atom is -0.497 e. The maximum absolute atomic E-state index is 12.8. The van der Waals surface area contributed by atoms with Crippen LogP contribution in [0.15, 0.2) is 42.5 Å². The van der Waals surface area contributed by atoms with Gasteiger partial charge in [-0.05, 0) is 78.1 Å². The lowest BCUT2D eigenvalue weighted by Gasteiger charge is -2.44. The summed E-state index contributed by atoms with van der Waals surface area (Å²) < 4.78 is 11.2. The van der Waals surface area contributed by atoms with Crippen molar-refractivity contribution in [2.75, 3.05) is 26.7 Å². The monoisotopic (exact) mass is 420 g/mol. The van der Waals surface area contributed by atoms with Crippen LogP contribution in [0.4, 0.5) is 4.79 Å². The fraction of sp³-hybridized carbons (Fsp3) is 0.500. The van der Waals surface area contributed by atoms with Gasteiger partial charge in [-0.15, -0.1) is 0 Å². The maximum atomic E-state index is 12.8. The molecule has 6 rings (SSSR count). The largest absolute Gasteiger partial charge is 0.497 e. The molecule has 0 radical (unpaired) electrons. The maximum Gasteiger partial charge on any atom is 0.407 e. The molecule has 3 saturated heterocycles. The van der Waals surface area contributed by atoms with Crippen molar-refractivity contribution >= 4 is 6.09 Å². The molecule has 1 N–H and O–H groups in total. The van der Waals surface area contributed by atoms with Gasteiger partial charge in [-0.2, -0.15) is 0 Å². The average molecular weight is 421 g/mol. The Labute approximate surface area is 184 Å². The zero-order valence-corrected chi connectivity index (χ0v) is 18.7. The first-order chi connectivity index (χ1) is 14.9. The summed E-state index contributed by atoms with van der Waals surface area (Å²) in [6, 6.07) is 14.7. The Bertz CT molecular complexity index is 961. The van der Waals surface area contributed by atoms with Crippen molar-refractivity contribution in [2.24, 2.45) is 11.3 Å². The number of alkyl carbamates (subject to hydrolysis) is 1. The second-order valence-corrected chi connectivity index (χ2v) is 9.97. The van der Waals surface area contributed by atoms with Gasteiger partial charge in [0.05, 0.1) is 13.2 Å². The Morgan fingerprint density at radius 3 is 2.42 bits per heavy atom. The minimum atomic E-state index is -0.274. The van der Waals surface area contributed by atoms with E-state index in [0.717, 1.165) is 44.6 Å². The van der Waals surface area contributed by atoms with Gasteiger partial charge in [0.2, 0.25) is 0 Å². The number of carbonyl (C=O) groups is 1. The Balaban J connectivity index is 1.31. The number of methoxy groups -OCH3 is 1. The summed E-state index contributed by atoms with van der Waals surface area (Å²) in [5, 5.41) is 3.21. The second kappa shape index (κ2) is 7.86. The van der Waals surface area contributed by atoms with Gasteiger partial charge in [-0.3, -0.25) is 4.90 Å². The number of piperidine rings is 3. The van der Waals surface area contributed by atoms with Crippen LogP contribution in [0.25, 0.3) is 11.1 Å². The predicted octanol–water partition coefficient (Wildman–Crippen LogP) is 4.81. The molecule has 2 atom stereocenters. The number of ether oxygens (including phenoxy) is 2. The summed E-state index contributed by atoms with van der Waals surface area (Å²) in [7, 11) is 1.68. The normalized spacial score (nSPS) is 28.1. The molecule has 0 spiro atoms. The van der Waals surface area contributed by atoms with Gasteiger partial charge in [0.25, 0.3) is 0 Å². The molecule has 2 aromatic carbocycles. The smallest absolute Gasteiger partial charge is 0.407 e. The number of benzene rings is 2. The lowest BCUT2D eigenvalue weighted by atomic mass is 9.85. The number of nitrogens with zero attached hydrogens (tertiary/aromatic N) is 1. The van der Waals surface area contributed by atoms with Gasteiger partial charge < -0.3 is 14.8 Å². The second-order valence-electron chi connectivity index (χ2n) is 9.97. The SMILES string of the molecule is COc1ccc(-c2ccc3c(c2)CC(C)(C)C3NC(=O)O[C@H]2CN3CCC2CC3)cc1. The quantitative estimate of drug-likeness (QED) is 0.772. The molecule has 1 unspecified atom stereocenters. The molecular weight excluding hydrogens is 388 g/mol. The molecule has 3 aliphatic heterocycles. The van der Waals surface area contributed by atoms with Crippen molar-refractivity contribution in [3.8, 4) is 16.9 Å². The molecule has 5 nitrogen and oxygen atoms in total. The minimum absolute atomic E-state index is 0.0314. The van der Waals surface area contributed by atoms with Crippen molar-refractivity contribution < 1.29 is 14.3 Å². The fourth-order valence-corrected chi connectivity index (χ4v) is 5.62. The van der Waals surface area contributed by atoms with Crippen molar-refractivity contribution in [3.05, 3.63) is 53.6 Å². The summed E-state index contributed by atoms with van der Waals surface area (Å²) in [6.07, 6.45) is 2.97. The number of amides is 1. The fourth-order valence-electron chi connectivity index (χ4n) is 5.62. The molecule has 164 valence electrons. The highest BCUT2D eigenvalue weighted by Gasteiger charge is 2.42. The van der Waals surface area contributed by atoms with E-state index in [1.54, 1.807) is 7.11 Å². The number of nitrogens with one attached hydrogen (secondary N) is 1. The average Bonchev–Trinajstić information content (AvgIpc) is 3.03.